The van der Waals surface area contributed by atoms with E-state index in [-0.39, 0.29) is 11.6 Å². The third kappa shape index (κ3) is 4.55. The normalized spacial score (nSPS) is 10.3. The summed E-state index contributed by atoms with van der Waals surface area (Å²) in [5, 5.41) is 6.65. The molecule has 0 saturated heterocycles. The Kier molecular flexibility index (Phi) is 5.26. The van der Waals surface area contributed by atoms with E-state index in [1.807, 2.05) is 55.5 Å². The number of carbonyl (C=O) groups excluding carboxylic acids is 1. The average molecular weight is 353 g/mol. The van der Waals surface area contributed by atoms with Gasteiger partial charge in [-0.1, -0.05) is 47.5 Å². The molecule has 0 atom stereocenters. The second kappa shape index (κ2) is 7.77. The van der Waals surface area contributed by atoms with Crippen molar-refractivity contribution in [2.75, 3.05) is 10.6 Å². The molecule has 126 valence electrons. The largest absolute Gasteiger partial charge is 0.366 e. The van der Waals surface area contributed by atoms with E-state index in [2.05, 4.69) is 20.6 Å². The summed E-state index contributed by atoms with van der Waals surface area (Å²) in [6.07, 6.45) is 1.36. The van der Waals surface area contributed by atoms with Gasteiger partial charge in [-0.2, -0.15) is 0 Å². The monoisotopic (exact) mass is 352 g/mol. The number of anilines is 2. The van der Waals surface area contributed by atoms with E-state index in [0.29, 0.717) is 17.4 Å². The molecule has 0 radical (unpaired) electrons. The van der Waals surface area contributed by atoms with E-state index >= 15 is 0 Å². The standard InChI is InChI=1S/C19H17ClN4O/c1-13-6-8-15(9-7-13)24-19(25)17-10-18(23-12-22-17)21-11-14-4-2-3-5-16(14)20/h2-10,12H,11H2,1H3,(H,24,25)(H,21,22,23). The lowest BCUT2D eigenvalue weighted by Crippen LogP contribution is -2.14. The van der Waals surface area contributed by atoms with Crippen LogP contribution in [0, 0.1) is 6.92 Å². The quantitative estimate of drug-likeness (QED) is 0.718. The number of nitrogens with one attached hydrogen (secondary N) is 2. The minimum absolute atomic E-state index is 0.285. The molecule has 3 rings (SSSR count). The van der Waals surface area contributed by atoms with Gasteiger partial charge in [0.05, 0.1) is 0 Å². The van der Waals surface area contributed by atoms with Crippen LogP contribution in [-0.4, -0.2) is 15.9 Å². The highest BCUT2D eigenvalue weighted by Crippen LogP contribution is 2.16. The molecule has 2 N–H and O–H groups in total. The molecule has 1 aromatic heterocycles. The first-order valence-corrected chi connectivity index (χ1v) is 8.17. The minimum atomic E-state index is -0.285. The zero-order valence-electron chi connectivity index (χ0n) is 13.7. The molecule has 0 saturated carbocycles. The molecule has 1 heterocycles. The molecule has 0 aliphatic heterocycles. The minimum Gasteiger partial charge on any atom is -0.366 e. The molecule has 0 unspecified atom stereocenters. The predicted octanol–water partition coefficient (Wildman–Crippen LogP) is 4.30. The fraction of sp³-hybridized carbons (Fsp3) is 0.105. The van der Waals surface area contributed by atoms with Crippen molar-refractivity contribution in [3.05, 3.63) is 82.8 Å². The van der Waals surface area contributed by atoms with Crippen molar-refractivity contribution < 1.29 is 4.79 Å². The highest BCUT2D eigenvalue weighted by atomic mass is 35.5. The molecule has 0 aliphatic carbocycles. The van der Waals surface area contributed by atoms with Gasteiger partial charge in [0.1, 0.15) is 17.8 Å². The van der Waals surface area contributed by atoms with Crippen LogP contribution in [0.15, 0.2) is 60.9 Å². The number of aryl methyl sites for hydroxylation is 1. The average Bonchev–Trinajstić information content (AvgIpc) is 2.63. The summed E-state index contributed by atoms with van der Waals surface area (Å²) in [6, 6.07) is 16.8. The van der Waals surface area contributed by atoms with Crippen molar-refractivity contribution in [3.63, 3.8) is 0 Å². The van der Waals surface area contributed by atoms with Gasteiger partial charge >= 0.3 is 0 Å². The van der Waals surface area contributed by atoms with Crippen LogP contribution in [-0.2, 0) is 6.54 Å². The summed E-state index contributed by atoms with van der Waals surface area (Å²) in [4.78, 5) is 20.5. The van der Waals surface area contributed by atoms with Gasteiger partial charge in [-0.25, -0.2) is 9.97 Å². The molecule has 1 amide bonds. The molecule has 0 spiro atoms. The van der Waals surface area contributed by atoms with Gasteiger partial charge in [-0.05, 0) is 30.7 Å². The summed E-state index contributed by atoms with van der Waals surface area (Å²) < 4.78 is 0. The smallest absolute Gasteiger partial charge is 0.274 e. The van der Waals surface area contributed by atoms with Crippen molar-refractivity contribution in [1.82, 2.24) is 9.97 Å². The molecule has 6 heteroatoms. The first-order chi connectivity index (χ1) is 12.1. The maximum atomic E-state index is 12.3. The highest BCUT2D eigenvalue weighted by molar-refractivity contribution is 6.31. The Bertz CT molecular complexity index is 881. The molecule has 5 nitrogen and oxygen atoms in total. The molecule has 0 aliphatic rings. The summed E-state index contributed by atoms with van der Waals surface area (Å²) in [5.74, 6) is 0.274. The fourth-order valence-electron chi connectivity index (χ4n) is 2.24. The Balaban J connectivity index is 1.67. The van der Waals surface area contributed by atoms with Crippen LogP contribution < -0.4 is 10.6 Å². The number of carbonyl (C=O) groups is 1. The second-order valence-corrected chi connectivity index (χ2v) is 5.96. The lowest BCUT2D eigenvalue weighted by atomic mass is 10.2. The Hall–Kier alpha value is -2.92. The van der Waals surface area contributed by atoms with Gasteiger partial charge in [0.25, 0.3) is 5.91 Å². The number of aromatic nitrogens is 2. The third-order valence-corrected chi connectivity index (χ3v) is 4.00. The van der Waals surface area contributed by atoms with Crippen LogP contribution >= 0.6 is 11.6 Å². The SMILES string of the molecule is Cc1ccc(NC(=O)c2cc(NCc3ccccc3Cl)ncn2)cc1. The summed E-state index contributed by atoms with van der Waals surface area (Å²) in [6.45, 7) is 2.50. The molecule has 25 heavy (non-hydrogen) atoms. The predicted molar refractivity (Wildman–Crippen MR) is 99.9 cm³/mol. The number of halogens is 1. The van der Waals surface area contributed by atoms with Crippen LogP contribution in [0.1, 0.15) is 21.6 Å². The van der Waals surface area contributed by atoms with E-state index in [0.717, 1.165) is 16.8 Å². The van der Waals surface area contributed by atoms with E-state index in [1.54, 1.807) is 6.07 Å². The molecule has 0 bridgehead atoms. The van der Waals surface area contributed by atoms with Crippen molar-refractivity contribution in [2.45, 2.75) is 13.5 Å². The van der Waals surface area contributed by atoms with Crippen molar-refractivity contribution in [3.8, 4) is 0 Å². The summed E-state index contributed by atoms with van der Waals surface area (Å²) >= 11 is 6.14. The van der Waals surface area contributed by atoms with Gasteiger partial charge in [-0.15, -0.1) is 0 Å². The Morgan fingerprint density at radius 3 is 2.60 bits per heavy atom. The van der Waals surface area contributed by atoms with Crippen molar-refractivity contribution in [2.24, 2.45) is 0 Å². The Morgan fingerprint density at radius 2 is 1.84 bits per heavy atom. The van der Waals surface area contributed by atoms with Crippen LogP contribution in [0.2, 0.25) is 5.02 Å². The number of amides is 1. The zero-order chi connectivity index (χ0) is 17.6. The van der Waals surface area contributed by atoms with Crippen LogP contribution in [0.25, 0.3) is 0 Å². The Morgan fingerprint density at radius 1 is 1.08 bits per heavy atom. The van der Waals surface area contributed by atoms with E-state index in [9.17, 15) is 4.79 Å². The van der Waals surface area contributed by atoms with Gasteiger partial charge in [0, 0.05) is 23.3 Å². The Labute approximate surface area is 151 Å². The van der Waals surface area contributed by atoms with Crippen LogP contribution in [0.5, 0.6) is 0 Å². The molecule has 2 aromatic carbocycles. The maximum Gasteiger partial charge on any atom is 0.274 e. The lowest BCUT2D eigenvalue weighted by Gasteiger charge is -2.09. The topological polar surface area (TPSA) is 66.9 Å². The molecular formula is C19H17ClN4O. The van der Waals surface area contributed by atoms with Gasteiger partial charge in [0.15, 0.2) is 0 Å². The molecular weight excluding hydrogens is 336 g/mol. The summed E-state index contributed by atoms with van der Waals surface area (Å²) in [7, 11) is 0. The van der Waals surface area contributed by atoms with Crippen molar-refractivity contribution in [1.29, 1.82) is 0 Å². The summed E-state index contributed by atoms with van der Waals surface area (Å²) in [5.41, 5.74) is 3.09. The number of benzene rings is 2. The third-order valence-electron chi connectivity index (χ3n) is 3.63. The van der Waals surface area contributed by atoms with Gasteiger partial charge in [0.2, 0.25) is 0 Å². The van der Waals surface area contributed by atoms with Crippen molar-refractivity contribution >= 4 is 29.0 Å². The number of hydrogen-bond donors (Lipinski definition) is 2. The first kappa shape index (κ1) is 16.9. The highest BCUT2D eigenvalue weighted by Gasteiger charge is 2.09. The van der Waals surface area contributed by atoms with E-state index in [1.165, 1.54) is 6.33 Å². The number of nitrogens with zero attached hydrogens (tertiary/aromatic N) is 2. The molecule has 3 aromatic rings. The number of hydrogen-bond acceptors (Lipinski definition) is 4. The fourth-order valence-corrected chi connectivity index (χ4v) is 2.44. The zero-order valence-corrected chi connectivity index (χ0v) is 14.4. The second-order valence-electron chi connectivity index (χ2n) is 5.55. The molecule has 0 fully saturated rings. The van der Waals surface area contributed by atoms with Gasteiger partial charge in [-0.3, -0.25) is 4.79 Å². The first-order valence-electron chi connectivity index (χ1n) is 7.79. The lowest BCUT2D eigenvalue weighted by molar-refractivity contribution is 0.102. The van der Waals surface area contributed by atoms with E-state index < -0.39 is 0 Å². The van der Waals surface area contributed by atoms with Crippen LogP contribution in [0.4, 0.5) is 11.5 Å². The maximum absolute atomic E-state index is 12.3. The van der Waals surface area contributed by atoms with Crippen LogP contribution in [0.3, 0.4) is 0 Å². The van der Waals surface area contributed by atoms with Gasteiger partial charge < -0.3 is 10.6 Å². The number of rotatable bonds is 5. The van der Waals surface area contributed by atoms with E-state index in [4.69, 9.17) is 11.6 Å².